The van der Waals surface area contributed by atoms with Crippen molar-refractivity contribution in [2.24, 2.45) is 5.41 Å². The molecule has 0 bridgehead atoms. The third-order valence-electron chi connectivity index (χ3n) is 3.76. The van der Waals surface area contributed by atoms with Crippen molar-refractivity contribution >= 4 is 11.8 Å². The van der Waals surface area contributed by atoms with Gasteiger partial charge in [0, 0.05) is 12.0 Å². The number of carbonyl (C=O) groups is 2. The van der Waals surface area contributed by atoms with E-state index in [2.05, 4.69) is 10.9 Å². The van der Waals surface area contributed by atoms with Crippen LogP contribution in [0.5, 0.6) is 11.5 Å². The predicted molar refractivity (Wildman–Crippen MR) is 108 cm³/mol. The summed E-state index contributed by atoms with van der Waals surface area (Å²) in [4.78, 5) is 23.9. The fraction of sp³-hybridized carbons (Fsp3) is 0.364. The molecule has 0 aromatic heterocycles. The Hall–Kier alpha value is -3.02. The number of rotatable bonds is 7. The average molecular weight is 384 g/mol. The van der Waals surface area contributed by atoms with E-state index >= 15 is 0 Å². The van der Waals surface area contributed by atoms with E-state index in [4.69, 9.17) is 9.47 Å². The van der Waals surface area contributed by atoms with Gasteiger partial charge in [-0.3, -0.25) is 20.4 Å². The highest BCUT2D eigenvalue weighted by Gasteiger charge is 2.16. The molecule has 0 fully saturated rings. The molecule has 28 heavy (non-hydrogen) atoms. The van der Waals surface area contributed by atoms with Crippen LogP contribution in [0.15, 0.2) is 48.5 Å². The minimum Gasteiger partial charge on any atom is -0.494 e. The Bertz CT molecular complexity index is 778. The molecule has 2 aromatic rings. The maximum absolute atomic E-state index is 12.1. The van der Waals surface area contributed by atoms with Gasteiger partial charge in [-0.25, -0.2) is 0 Å². The maximum Gasteiger partial charge on any atom is 0.269 e. The van der Waals surface area contributed by atoms with E-state index in [9.17, 15) is 9.59 Å². The minimum atomic E-state index is -0.360. The fourth-order valence-corrected chi connectivity index (χ4v) is 2.44. The quantitative estimate of drug-likeness (QED) is 0.711. The summed E-state index contributed by atoms with van der Waals surface area (Å²) in [7, 11) is 0. The van der Waals surface area contributed by atoms with Gasteiger partial charge in [-0.2, -0.15) is 0 Å². The lowest BCUT2D eigenvalue weighted by molar-refractivity contribution is -0.123. The van der Waals surface area contributed by atoms with Gasteiger partial charge in [-0.15, -0.1) is 0 Å². The number of hydrogen-bond donors (Lipinski definition) is 2. The van der Waals surface area contributed by atoms with E-state index in [0.29, 0.717) is 25.2 Å². The summed E-state index contributed by atoms with van der Waals surface area (Å²) >= 11 is 0. The molecule has 0 saturated heterocycles. The first-order valence-corrected chi connectivity index (χ1v) is 9.30. The van der Waals surface area contributed by atoms with Crippen LogP contribution in [0.3, 0.4) is 0 Å². The Kier molecular flexibility index (Phi) is 7.44. The highest BCUT2D eigenvalue weighted by atomic mass is 16.5. The minimum absolute atomic E-state index is 0.139. The van der Waals surface area contributed by atoms with Gasteiger partial charge in [-0.05, 0) is 54.3 Å². The molecule has 0 aliphatic carbocycles. The van der Waals surface area contributed by atoms with Gasteiger partial charge >= 0.3 is 0 Å². The van der Waals surface area contributed by atoms with Crippen LogP contribution in [0.4, 0.5) is 0 Å². The first-order chi connectivity index (χ1) is 13.3. The highest BCUT2D eigenvalue weighted by Crippen LogP contribution is 2.19. The zero-order valence-corrected chi connectivity index (χ0v) is 16.9. The fourth-order valence-electron chi connectivity index (χ4n) is 2.44. The third kappa shape index (κ3) is 7.31. The van der Waals surface area contributed by atoms with E-state index in [1.165, 1.54) is 0 Å². The monoisotopic (exact) mass is 384 g/mol. The van der Waals surface area contributed by atoms with E-state index in [1.54, 1.807) is 12.1 Å². The van der Waals surface area contributed by atoms with Crippen molar-refractivity contribution in [3.8, 4) is 11.5 Å². The van der Waals surface area contributed by atoms with Gasteiger partial charge in [0.05, 0.1) is 6.61 Å². The van der Waals surface area contributed by atoms with E-state index in [-0.39, 0.29) is 17.2 Å². The Balaban J connectivity index is 1.82. The molecule has 2 N–H and O–H groups in total. The predicted octanol–water partition coefficient (Wildman–Crippen LogP) is 3.86. The molecule has 0 unspecified atom stereocenters. The van der Waals surface area contributed by atoms with Crippen LogP contribution >= 0.6 is 0 Å². The number of hydrazine groups is 1. The topological polar surface area (TPSA) is 76.7 Å². The summed E-state index contributed by atoms with van der Waals surface area (Å²) in [6.07, 6.45) is 0.328. The highest BCUT2D eigenvalue weighted by molar-refractivity contribution is 5.95. The Morgan fingerprint density at radius 2 is 1.43 bits per heavy atom. The smallest absolute Gasteiger partial charge is 0.269 e. The van der Waals surface area contributed by atoms with E-state index in [0.717, 1.165) is 17.1 Å². The SMILES string of the molecule is CCOc1ccc(OCc2ccc(C(=O)NNC(=O)CC(C)(C)C)cc2)cc1. The second kappa shape index (κ2) is 9.78. The lowest BCUT2D eigenvalue weighted by Gasteiger charge is -2.17. The van der Waals surface area contributed by atoms with Crippen LogP contribution in [-0.2, 0) is 11.4 Å². The zero-order chi connectivity index (χ0) is 20.6. The summed E-state index contributed by atoms with van der Waals surface area (Å²) in [6, 6.07) is 14.5. The molecular formula is C22H28N2O4. The largest absolute Gasteiger partial charge is 0.494 e. The molecule has 150 valence electrons. The van der Waals surface area contributed by atoms with Crippen LogP contribution in [0, 0.1) is 5.41 Å². The molecular weight excluding hydrogens is 356 g/mol. The standard InChI is InChI=1S/C22H28N2O4/c1-5-27-18-10-12-19(13-11-18)28-15-16-6-8-17(9-7-16)21(26)24-23-20(25)14-22(2,3)4/h6-13H,5,14-15H2,1-4H3,(H,23,25)(H,24,26). The summed E-state index contributed by atoms with van der Waals surface area (Å²) in [6.45, 7) is 8.83. The van der Waals surface area contributed by atoms with Gasteiger partial charge in [0.2, 0.25) is 5.91 Å². The van der Waals surface area contributed by atoms with Crippen LogP contribution < -0.4 is 20.3 Å². The average Bonchev–Trinajstić information content (AvgIpc) is 2.65. The van der Waals surface area contributed by atoms with Crippen LogP contribution in [0.2, 0.25) is 0 Å². The van der Waals surface area contributed by atoms with Gasteiger partial charge in [0.15, 0.2) is 0 Å². The molecule has 2 rings (SSSR count). The van der Waals surface area contributed by atoms with Gasteiger partial charge in [0.1, 0.15) is 18.1 Å². The summed E-state index contributed by atoms with van der Waals surface area (Å²) in [5, 5.41) is 0. The summed E-state index contributed by atoms with van der Waals surface area (Å²) < 4.78 is 11.1. The Morgan fingerprint density at radius 3 is 1.96 bits per heavy atom. The molecule has 0 atom stereocenters. The second-order valence-electron chi connectivity index (χ2n) is 7.63. The normalized spacial score (nSPS) is 10.9. The second-order valence-corrected chi connectivity index (χ2v) is 7.63. The van der Waals surface area contributed by atoms with Crippen molar-refractivity contribution in [1.29, 1.82) is 0 Å². The lowest BCUT2D eigenvalue weighted by Crippen LogP contribution is -2.42. The number of benzene rings is 2. The first-order valence-electron chi connectivity index (χ1n) is 9.30. The number of hydrogen-bond acceptors (Lipinski definition) is 4. The molecule has 0 radical (unpaired) electrons. The summed E-state index contributed by atoms with van der Waals surface area (Å²) in [5.74, 6) is 0.967. The molecule has 0 aliphatic rings. The molecule has 0 aliphatic heterocycles. The van der Waals surface area contributed by atoms with Crippen molar-refractivity contribution < 1.29 is 19.1 Å². The van der Waals surface area contributed by atoms with Gasteiger partial charge < -0.3 is 9.47 Å². The molecule has 0 saturated carbocycles. The molecule has 6 heteroatoms. The number of ether oxygens (including phenoxy) is 2. The number of amides is 2. The van der Waals surface area contributed by atoms with Crippen molar-refractivity contribution in [2.75, 3.05) is 6.61 Å². The van der Waals surface area contributed by atoms with Crippen molar-refractivity contribution in [3.63, 3.8) is 0 Å². The van der Waals surface area contributed by atoms with Crippen molar-refractivity contribution in [2.45, 2.75) is 40.7 Å². The lowest BCUT2D eigenvalue weighted by atomic mass is 9.92. The maximum atomic E-state index is 12.1. The molecule has 0 heterocycles. The van der Waals surface area contributed by atoms with E-state index in [1.807, 2.05) is 64.1 Å². The number of carbonyl (C=O) groups excluding carboxylic acids is 2. The Labute approximate surface area is 166 Å². The van der Waals surface area contributed by atoms with Crippen molar-refractivity contribution in [1.82, 2.24) is 10.9 Å². The first kappa shape index (κ1) is 21.3. The van der Waals surface area contributed by atoms with E-state index < -0.39 is 0 Å². The summed E-state index contributed by atoms with van der Waals surface area (Å²) in [5.41, 5.74) is 6.12. The zero-order valence-electron chi connectivity index (χ0n) is 16.9. The molecule has 0 spiro atoms. The molecule has 6 nitrogen and oxygen atoms in total. The number of nitrogens with one attached hydrogen (secondary N) is 2. The van der Waals surface area contributed by atoms with Crippen LogP contribution in [0.25, 0.3) is 0 Å². The van der Waals surface area contributed by atoms with Gasteiger partial charge in [0.25, 0.3) is 5.91 Å². The Morgan fingerprint density at radius 1 is 0.857 bits per heavy atom. The van der Waals surface area contributed by atoms with Crippen LogP contribution in [-0.4, -0.2) is 18.4 Å². The van der Waals surface area contributed by atoms with Crippen molar-refractivity contribution in [3.05, 3.63) is 59.7 Å². The molecule has 2 aromatic carbocycles. The van der Waals surface area contributed by atoms with Gasteiger partial charge in [-0.1, -0.05) is 32.9 Å². The molecule has 2 amide bonds. The third-order valence-corrected chi connectivity index (χ3v) is 3.76. The van der Waals surface area contributed by atoms with Crippen LogP contribution in [0.1, 0.15) is 50.0 Å².